The Bertz CT molecular complexity index is 436. The molecule has 0 saturated heterocycles. The fourth-order valence-corrected chi connectivity index (χ4v) is 3.42. The van der Waals surface area contributed by atoms with E-state index in [1.165, 1.54) is 4.68 Å². The second-order valence-corrected chi connectivity index (χ2v) is 8.21. The zero-order chi connectivity index (χ0) is 12.5. The van der Waals surface area contributed by atoms with E-state index in [2.05, 4.69) is 5.10 Å². The van der Waals surface area contributed by atoms with E-state index in [0.29, 0.717) is 5.15 Å². The van der Waals surface area contributed by atoms with E-state index >= 15 is 0 Å². The molecular weight excluding hydrogens is 290 g/mol. The molecule has 1 unspecified atom stereocenters. The average Bonchev–Trinajstić information content (AvgIpc) is 2.30. The largest absolute Gasteiger partial charge is 0.423 e. The van der Waals surface area contributed by atoms with Gasteiger partial charge in [-0.3, -0.25) is 4.68 Å². The van der Waals surface area contributed by atoms with Gasteiger partial charge in [-0.05, 0) is 25.7 Å². The Balaban J connectivity index is 2.88. The van der Waals surface area contributed by atoms with Crippen molar-refractivity contribution in [3.8, 4) is 5.88 Å². The first-order valence-corrected chi connectivity index (χ1v) is 8.40. The molecule has 0 N–H and O–H groups in total. The Morgan fingerprint density at radius 2 is 2.00 bits per heavy atom. The van der Waals surface area contributed by atoms with Crippen molar-refractivity contribution in [2.45, 2.75) is 20.0 Å². The summed E-state index contributed by atoms with van der Waals surface area (Å²) in [5.74, 6) is 0.223. The summed E-state index contributed by atoms with van der Waals surface area (Å²) in [5.41, 5.74) is 0. The van der Waals surface area contributed by atoms with Crippen LogP contribution in [0.1, 0.15) is 13.8 Å². The molecule has 8 heteroatoms. The number of rotatable bonds is 4. The van der Waals surface area contributed by atoms with Crippen molar-refractivity contribution in [1.29, 1.82) is 0 Å². The smallest absolute Gasteiger partial charge is 0.258 e. The third kappa shape index (κ3) is 3.60. The van der Waals surface area contributed by atoms with Gasteiger partial charge < -0.3 is 9.05 Å². The second kappa shape index (κ2) is 5.23. The van der Waals surface area contributed by atoms with Crippen molar-refractivity contribution in [2.75, 3.05) is 6.66 Å². The van der Waals surface area contributed by atoms with E-state index in [1.807, 2.05) is 13.8 Å². The van der Waals surface area contributed by atoms with Crippen LogP contribution in [0.15, 0.2) is 0 Å². The van der Waals surface area contributed by atoms with Crippen molar-refractivity contribution < 1.29 is 9.05 Å². The first kappa shape index (κ1) is 14.3. The highest BCUT2D eigenvalue weighted by molar-refractivity contribution is 8.09. The molecular formula is C8H13Cl2N2O2PS. The predicted octanol–water partition coefficient (Wildman–Crippen LogP) is 3.47. The van der Waals surface area contributed by atoms with E-state index < -0.39 is 6.49 Å². The minimum Gasteiger partial charge on any atom is -0.423 e. The van der Waals surface area contributed by atoms with Gasteiger partial charge in [0.05, 0.1) is 6.10 Å². The molecule has 4 nitrogen and oxygen atoms in total. The van der Waals surface area contributed by atoms with Gasteiger partial charge in [0.1, 0.15) is 10.2 Å². The van der Waals surface area contributed by atoms with Crippen molar-refractivity contribution >= 4 is 41.5 Å². The fourth-order valence-electron chi connectivity index (χ4n) is 1.07. The lowest BCUT2D eigenvalue weighted by Gasteiger charge is -2.19. The molecule has 1 atom stereocenters. The van der Waals surface area contributed by atoms with Gasteiger partial charge in [0, 0.05) is 13.7 Å². The molecule has 1 aromatic heterocycles. The van der Waals surface area contributed by atoms with Crippen LogP contribution in [-0.2, 0) is 23.4 Å². The van der Waals surface area contributed by atoms with E-state index in [4.69, 9.17) is 44.1 Å². The summed E-state index contributed by atoms with van der Waals surface area (Å²) in [4.78, 5) is 0. The third-order valence-electron chi connectivity index (χ3n) is 1.55. The topological polar surface area (TPSA) is 36.3 Å². The molecule has 0 aromatic carbocycles. The lowest BCUT2D eigenvalue weighted by Crippen LogP contribution is -2.04. The number of nitrogens with zero attached hydrogens (tertiary/aromatic N) is 2. The minimum absolute atomic E-state index is 0.00575. The van der Waals surface area contributed by atoms with E-state index in [-0.39, 0.29) is 17.0 Å². The second-order valence-electron chi connectivity index (χ2n) is 3.55. The number of aryl methyl sites for hydroxylation is 1. The number of hydrogen-bond donors (Lipinski definition) is 0. The number of hydrogen-bond acceptors (Lipinski definition) is 4. The summed E-state index contributed by atoms with van der Waals surface area (Å²) in [6, 6.07) is 0. The highest BCUT2D eigenvalue weighted by atomic mass is 35.5. The molecule has 0 aliphatic heterocycles. The number of aromatic nitrogens is 2. The maximum absolute atomic E-state index is 5.93. The van der Waals surface area contributed by atoms with Gasteiger partial charge in [0.2, 0.25) is 6.49 Å². The minimum atomic E-state index is -2.39. The summed E-state index contributed by atoms with van der Waals surface area (Å²) in [6.45, 7) is 3.11. The van der Waals surface area contributed by atoms with Crippen molar-refractivity contribution in [2.24, 2.45) is 7.05 Å². The van der Waals surface area contributed by atoms with Gasteiger partial charge in [-0.1, -0.05) is 23.2 Å². The monoisotopic (exact) mass is 302 g/mol. The van der Waals surface area contributed by atoms with Crippen LogP contribution in [0.25, 0.3) is 0 Å². The van der Waals surface area contributed by atoms with Crippen LogP contribution in [0.5, 0.6) is 5.88 Å². The molecule has 0 saturated carbocycles. The Labute approximate surface area is 110 Å². The van der Waals surface area contributed by atoms with Crippen LogP contribution in [0.4, 0.5) is 0 Å². The summed E-state index contributed by atoms with van der Waals surface area (Å²) in [5, 5.41) is 4.59. The SMILES string of the molecule is CC(C)OP(C)(=S)Oc1nn(C)c(Cl)c1Cl. The van der Waals surface area contributed by atoms with E-state index in [0.717, 1.165) is 0 Å². The zero-order valence-electron chi connectivity index (χ0n) is 9.40. The summed E-state index contributed by atoms with van der Waals surface area (Å²) >= 11 is 17.0. The Morgan fingerprint density at radius 3 is 2.38 bits per heavy atom. The molecule has 0 aliphatic carbocycles. The first-order valence-electron chi connectivity index (χ1n) is 4.56. The van der Waals surface area contributed by atoms with Crippen LogP contribution in [-0.4, -0.2) is 22.5 Å². The molecule has 92 valence electrons. The molecule has 1 rings (SSSR count). The molecule has 0 fully saturated rings. The zero-order valence-corrected chi connectivity index (χ0v) is 12.6. The Morgan fingerprint density at radius 1 is 1.44 bits per heavy atom. The molecule has 1 heterocycles. The van der Waals surface area contributed by atoms with Crippen LogP contribution in [0.2, 0.25) is 10.2 Å². The van der Waals surface area contributed by atoms with E-state index in [9.17, 15) is 0 Å². The highest BCUT2D eigenvalue weighted by Gasteiger charge is 2.21. The predicted molar refractivity (Wildman–Crippen MR) is 70.3 cm³/mol. The molecule has 0 amide bonds. The van der Waals surface area contributed by atoms with Gasteiger partial charge >= 0.3 is 0 Å². The first-order chi connectivity index (χ1) is 7.23. The van der Waals surface area contributed by atoms with Crippen molar-refractivity contribution in [3.05, 3.63) is 10.2 Å². The van der Waals surface area contributed by atoms with Gasteiger partial charge in [-0.2, -0.15) is 0 Å². The van der Waals surface area contributed by atoms with Gasteiger partial charge in [0.25, 0.3) is 5.88 Å². The molecule has 0 radical (unpaired) electrons. The van der Waals surface area contributed by atoms with Crippen LogP contribution in [0.3, 0.4) is 0 Å². The van der Waals surface area contributed by atoms with Crippen LogP contribution < -0.4 is 4.52 Å². The summed E-state index contributed by atoms with van der Waals surface area (Å²) in [7, 11) is 1.67. The molecule has 0 aliphatic rings. The van der Waals surface area contributed by atoms with Crippen LogP contribution >= 0.6 is 29.7 Å². The Kier molecular flexibility index (Phi) is 4.66. The van der Waals surface area contributed by atoms with Crippen molar-refractivity contribution in [1.82, 2.24) is 9.78 Å². The van der Waals surface area contributed by atoms with Gasteiger partial charge in [-0.25, -0.2) is 0 Å². The molecule has 0 spiro atoms. The molecule has 1 aromatic rings. The molecule has 16 heavy (non-hydrogen) atoms. The maximum atomic E-state index is 5.93. The normalized spacial score (nSPS) is 15.2. The van der Waals surface area contributed by atoms with Gasteiger partial charge in [0.15, 0.2) is 0 Å². The fraction of sp³-hybridized carbons (Fsp3) is 0.625. The highest BCUT2D eigenvalue weighted by Crippen LogP contribution is 2.48. The maximum Gasteiger partial charge on any atom is 0.258 e. The van der Waals surface area contributed by atoms with E-state index in [1.54, 1.807) is 13.7 Å². The lowest BCUT2D eigenvalue weighted by atomic mass is 10.5. The van der Waals surface area contributed by atoms with Crippen molar-refractivity contribution in [3.63, 3.8) is 0 Å². The van der Waals surface area contributed by atoms with Gasteiger partial charge in [-0.15, -0.1) is 5.10 Å². The number of halogens is 2. The average molecular weight is 303 g/mol. The lowest BCUT2D eigenvalue weighted by molar-refractivity contribution is 0.243. The quantitative estimate of drug-likeness (QED) is 0.798. The molecule has 0 bridgehead atoms. The summed E-state index contributed by atoms with van der Waals surface area (Å²) in [6.07, 6.45) is -0.00575. The Hall–Kier alpha value is 0.200. The standard InChI is InChI=1S/C8H13Cl2N2O2PS/c1-5(2)13-15(4,16)14-8-6(9)7(10)12(3)11-8/h5H,1-4H3. The third-order valence-corrected chi connectivity index (χ3v) is 4.21. The summed E-state index contributed by atoms with van der Waals surface area (Å²) < 4.78 is 12.4. The van der Waals surface area contributed by atoms with Crippen LogP contribution in [0, 0.1) is 0 Å².